The maximum atomic E-state index is 9.36. The van der Waals surface area contributed by atoms with Crippen LogP contribution in [-0.2, 0) is 12.8 Å². The number of methoxy groups -OCH3 is 1. The molecule has 0 aliphatic heterocycles. The van der Waals surface area contributed by atoms with Crippen LogP contribution in [0.5, 0.6) is 11.5 Å². The molecule has 0 aliphatic rings. The van der Waals surface area contributed by atoms with Gasteiger partial charge in [-0.1, -0.05) is 42.5 Å². The van der Waals surface area contributed by atoms with Crippen molar-refractivity contribution in [2.75, 3.05) is 12.8 Å². The van der Waals surface area contributed by atoms with Crippen molar-refractivity contribution < 1.29 is 9.84 Å². The second kappa shape index (κ2) is 7.09. The van der Waals surface area contributed by atoms with Crippen molar-refractivity contribution in [2.24, 2.45) is 0 Å². The average molecular weight is 319 g/mol. The Hall–Kier alpha value is -2.94. The fraction of sp³-hybridized carbons (Fsp3) is 0.143. The van der Waals surface area contributed by atoms with Crippen molar-refractivity contribution in [3.63, 3.8) is 0 Å². The van der Waals surface area contributed by atoms with Crippen LogP contribution < -0.4 is 10.5 Å². The van der Waals surface area contributed by atoms with Crippen LogP contribution >= 0.6 is 0 Å². The Bertz CT molecular complexity index is 808. The number of aromatic hydroxyl groups is 1. The highest BCUT2D eigenvalue weighted by Crippen LogP contribution is 2.24. The number of rotatable bonds is 5. The summed E-state index contributed by atoms with van der Waals surface area (Å²) in [5.74, 6) is 1.02. The molecule has 0 atom stereocenters. The molecule has 0 amide bonds. The zero-order valence-electron chi connectivity index (χ0n) is 13.7. The van der Waals surface area contributed by atoms with Gasteiger partial charge in [0.05, 0.1) is 12.8 Å². The Morgan fingerprint density at radius 3 is 1.96 bits per heavy atom. The van der Waals surface area contributed by atoms with Gasteiger partial charge in [0, 0.05) is 0 Å². The highest BCUT2D eigenvalue weighted by molar-refractivity contribution is 5.64. The number of benzene rings is 3. The van der Waals surface area contributed by atoms with Crippen LogP contribution in [0.15, 0.2) is 66.7 Å². The molecule has 0 unspecified atom stereocenters. The molecule has 3 N–H and O–H groups in total. The van der Waals surface area contributed by atoms with E-state index in [4.69, 9.17) is 10.5 Å². The van der Waals surface area contributed by atoms with E-state index in [1.165, 1.54) is 11.1 Å². The van der Waals surface area contributed by atoms with Crippen LogP contribution in [-0.4, -0.2) is 12.2 Å². The minimum absolute atomic E-state index is 0.286. The molecule has 3 aromatic rings. The minimum atomic E-state index is 0.286. The van der Waals surface area contributed by atoms with Gasteiger partial charge in [0.25, 0.3) is 0 Å². The Morgan fingerprint density at radius 2 is 1.33 bits per heavy atom. The average Bonchev–Trinajstić information content (AvgIpc) is 2.62. The van der Waals surface area contributed by atoms with E-state index < -0.39 is 0 Å². The van der Waals surface area contributed by atoms with E-state index in [0.29, 0.717) is 5.69 Å². The Labute approximate surface area is 142 Å². The van der Waals surface area contributed by atoms with Gasteiger partial charge in [0.15, 0.2) is 0 Å². The molecule has 24 heavy (non-hydrogen) atoms. The van der Waals surface area contributed by atoms with Crippen LogP contribution in [0.25, 0.3) is 11.1 Å². The molecule has 3 rings (SSSR count). The fourth-order valence-corrected chi connectivity index (χ4v) is 2.72. The molecule has 3 heteroatoms. The quantitative estimate of drug-likeness (QED) is 0.684. The molecule has 0 bridgehead atoms. The third-order valence-corrected chi connectivity index (χ3v) is 4.15. The number of nitrogens with two attached hydrogens (primary N) is 1. The summed E-state index contributed by atoms with van der Waals surface area (Å²) in [5.41, 5.74) is 11.3. The van der Waals surface area contributed by atoms with Gasteiger partial charge >= 0.3 is 0 Å². The maximum Gasteiger partial charge on any atom is 0.142 e. The van der Waals surface area contributed by atoms with Crippen molar-refractivity contribution >= 4 is 5.69 Å². The first-order valence-electron chi connectivity index (χ1n) is 7.96. The van der Waals surface area contributed by atoms with Crippen molar-refractivity contribution in [3.8, 4) is 22.6 Å². The lowest BCUT2D eigenvalue weighted by atomic mass is 10.00. The van der Waals surface area contributed by atoms with Crippen molar-refractivity contribution in [3.05, 3.63) is 77.9 Å². The minimum Gasteiger partial charge on any atom is -0.508 e. The smallest absolute Gasteiger partial charge is 0.142 e. The summed E-state index contributed by atoms with van der Waals surface area (Å²) < 4.78 is 5.27. The van der Waals surface area contributed by atoms with E-state index in [-0.39, 0.29) is 5.75 Å². The van der Waals surface area contributed by atoms with Crippen LogP contribution in [0, 0.1) is 0 Å². The van der Waals surface area contributed by atoms with Crippen LogP contribution in [0.2, 0.25) is 0 Å². The Balaban J connectivity index is 1.67. The molecule has 0 fully saturated rings. The molecule has 0 radical (unpaired) electrons. The summed E-state index contributed by atoms with van der Waals surface area (Å²) in [6, 6.07) is 21.7. The maximum absolute atomic E-state index is 9.36. The zero-order chi connectivity index (χ0) is 16.9. The first-order chi connectivity index (χ1) is 11.7. The SMILES string of the molecule is COc1cc(CCc2ccc(-c3ccc(O)cc3)cc2)ccc1N. The number of nitrogen functional groups attached to an aromatic ring is 1. The lowest BCUT2D eigenvalue weighted by Gasteiger charge is -2.08. The number of phenolic OH excluding ortho intramolecular Hbond substituents is 1. The van der Waals surface area contributed by atoms with Crippen LogP contribution in [0.3, 0.4) is 0 Å². The normalized spacial score (nSPS) is 10.5. The highest BCUT2D eigenvalue weighted by Gasteiger charge is 2.03. The lowest BCUT2D eigenvalue weighted by molar-refractivity contribution is 0.416. The van der Waals surface area contributed by atoms with Crippen LogP contribution in [0.4, 0.5) is 5.69 Å². The first kappa shape index (κ1) is 15.9. The molecule has 3 aromatic carbocycles. The number of hydrogen-bond donors (Lipinski definition) is 2. The number of hydrogen-bond acceptors (Lipinski definition) is 3. The third-order valence-electron chi connectivity index (χ3n) is 4.15. The topological polar surface area (TPSA) is 55.5 Å². The first-order valence-corrected chi connectivity index (χ1v) is 7.96. The van der Waals surface area contributed by atoms with Gasteiger partial charge in [0.1, 0.15) is 11.5 Å². The van der Waals surface area contributed by atoms with Gasteiger partial charge in [0.2, 0.25) is 0 Å². The Kier molecular flexibility index (Phi) is 4.71. The third kappa shape index (κ3) is 3.69. The molecule has 0 saturated carbocycles. The van der Waals surface area contributed by atoms with E-state index >= 15 is 0 Å². The standard InChI is InChI=1S/C21H21NO2/c1-24-21-14-16(6-13-20(21)22)3-2-15-4-7-17(8-5-15)18-9-11-19(23)12-10-18/h4-14,23H,2-3,22H2,1H3. The predicted molar refractivity (Wildman–Crippen MR) is 98.4 cm³/mol. The summed E-state index contributed by atoms with van der Waals surface area (Å²) in [4.78, 5) is 0. The van der Waals surface area contributed by atoms with Crippen molar-refractivity contribution in [1.29, 1.82) is 0 Å². The summed E-state index contributed by atoms with van der Waals surface area (Å²) >= 11 is 0. The van der Waals surface area contributed by atoms with Gasteiger partial charge in [-0.05, 0) is 59.4 Å². The summed E-state index contributed by atoms with van der Waals surface area (Å²) in [5, 5.41) is 9.36. The van der Waals surface area contributed by atoms with E-state index in [2.05, 4.69) is 24.3 Å². The number of anilines is 1. The molecular formula is C21H21NO2. The molecule has 0 aromatic heterocycles. The van der Waals surface area contributed by atoms with Gasteiger partial charge < -0.3 is 15.6 Å². The molecule has 0 aliphatic carbocycles. The highest BCUT2D eigenvalue weighted by atomic mass is 16.5. The van der Waals surface area contributed by atoms with E-state index in [0.717, 1.165) is 29.7 Å². The second-order valence-corrected chi connectivity index (χ2v) is 5.82. The van der Waals surface area contributed by atoms with Gasteiger partial charge in [-0.25, -0.2) is 0 Å². The zero-order valence-corrected chi connectivity index (χ0v) is 13.7. The van der Waals surface area contributed by atoms with Crippen molar-refractivity contribution in [1.82, 2.24) is 0 Å². The van der Waals surface area contributed by atoms with Crippen molar-refractivity contribution in [2.45, 2.75) is 12.8 Å². The molecule has 0 spiro atoms. The van der Waals surface area contributed by atoms with E-state index in [1.807, 2.05) is 30.3 Å². The monoisotopic (exact) mass is 319 g/mol. The predicted octanol–water partition coefficient (Wildman–Crippen LogP) is 4.44. The van der Waals surface area contributed by atoms with Gasteiger partial charge in [-0.3, -0.25) is 0 Å². The lowest BCUT2D eigenvalue weighted by Crippen LogP contribution is -1.96. The molecule has 122 valence electrons. The molecule has 0 saturated heterocycles. The second-order valence-electron chi connectivity index (χ2n) is 5.82. The number of aryl methyl sites for hydroxylation is 2. The summed E-state index contributed by atoms with van der Waals surface area (Å²) in [7, 11) is 1.64. The largest absolute Gasteiger partial charge is 0.508 e. The van der Waals surface area contributed by atoms with Crippen LogP contribution in [0.1, 0.15) is 11.1 Å². The number of ether oxygens (including phenoxy) is 1. The molecule has 3 nitrogen and oxygen atoms in total. The summed E-state index contributed by atoms with van der Waals surface area (Å²) in [6.07, 6.45) is 1.90. The molecule has 0 heterocycles. The Morgan fingerprint density at radius 1 is 0.792 bits per heavy atom. The van der Waals surface area contributed by atoms with E-state index in [1.54, 1.807) is 19.2 Å². The van der Waals surface area contributed by atoms with Gasteiger partial charge in [-0.15, -0.1) is 0 Å². The van der Waals surface area contributed by atoms with Gasteiger partial charge in [-0.2, -0.15) is 0 Å². The molecular weight excluding hydrogens is 298 g/mol. The summed E-state index contributed by atoms with van der Waals surface area (Å²) in [6.45, 7) is 0. The fourth-order valence-electron chi connectivity index (χ4n) is 2.72. The van der Waals surface area contributed by atoms with E-state index in [9.17, 15) is 5.11 Å². The number of phenols is 1.